The molecule has 1 heterocycles. The lowest BCUT2D eigenvalue weighted by atomic mass is 10.0. The van der Waals surface area contributed by atoms with Gasteiger partial charge >= 0.3 is 0 Å². The Morgan fingerprint density at radius 1 is 1.38 bits per heavy atom. The zero-order valence-corrected chi connectivity index (χ0v) is 12.5. The topological polar surface area (TPSA) is 87.5 Å². The first-order valence-electron chi connectivity index (χ1n) is 7.04. The number of rotatable bonds is 4. The van der Waals surface area contributed by atoms with E-state index in [0.717, 1.165) is 19.6 Å². The summed E-state index contributed by atoms with van der Waals surface area (Å²) in [5.74, 6) is -0.688. The number of carbonyl (C=O) groups excluding carboxylic acids is 2. The van der Waals surface area contributed by atoms with Gasteiger partial charge in [0.2, 0.25) is 5.91 Å². The summed E-state index contributed by atoms with van der Waals surface area (Å²) in [6.45, 7) is 7.03. The van der Waals surface area contributed by atoms with Gasteiger partial charge in [-0.1, -0.05) is 12.1 Å². The van der Waals surface area contributed by atoms with Crippen LogP contribution in [0.15, 0.2) is 24.3 Å². The number of hydrogen-bond donors (Lipinski definition) is 3. The molecule has 6 nitrogen and oxygen atoms in total. The van der Waals surface area contributed by atoms with E-state index in [2.05, 4.69) is 29.4 Å². The van der Waals surface area contributed by atoms with Crippen molar-refractivity contribution in [2.75, 3.05) is 31.5 Å². The molecule has 1 aliphatic rings. The van der Waals surface area contributed by atoms with Crippen LogP contribution in [0.1, 0.15) is 24.2 Å². The van der Waals surface area contributed by atoms with Crippen LogP contribution in [0.25, 0.3) is 0 Å². The van der Waals surface area contributed by atoms with Crippen molar-refractivity contribution in [3.05, 3.63) is 29.8 Å². The number of nitrogens with two attached hydrogens (primary N) is 1. The Balaban J connectivity index is 2.04. The molecule has 0 aliphatic carbocycles. The predicted octanol–water partition coefficient (Wildman–Crippen LogP) is 0.408. The Bertz CT molecular complexity index is 542. The van der Waals surface area contributed by atoms with Gasteiger partial charge in [-0.05, 0) is 26.0 Å². The van der Waals surface area contributed by atoms with Gasteiger partial charge in [-0.25, -0.2) is 0 Å². The quantitative estimate of drug-likeness (QED) is 0.749. The Morgan fingerprint density at radius 3 is 2.76 bits per heavy atom. The number of para-hydroxylation sites is 1. The van der Waals surface area contributed by atoms with Crippen molar-refractivity contribution in [3.63, 3.8) is 0 Å². The molecule has 0 radical (unpaired) electrons. The van der Waals surface area contributed by atoms with E-state index in [-0.39, 0.29) is 11.4 Å². The average Bonchev–Trinajstić information content (AvgIpc) is 2.41. The van der Waals surface area contributed by atoms with E-state index in [4.69, 9.17) is 5.73 Å². The number of benzene rings is 1. The maximum Gasteiger partial charge on any atom is 0.250 e. The molecular weight excluding hydrogens is 268 g/mol. The molecule has 1 saturated heterocycles. The third kappa shape index (κ3) is 3.80. The molecule has 21 heavy (non-hydrogen) atoms. The van der Waals surface area contributed by atoms with Crippen molar-refractivity contribution in [2.24, 2.45) is 5.73 Å². The molecule has 1 fully saturated rings. The highest BCUT2D eigenvalue weighted by molar-refractivity contribution is 6.03. The number of anilines is 1. The summed E-state index contributed by atoms with van der Waals surface area (Å²) in [6, 6.07) is 6.76. The lowest BCUT2D eigenvalue weighted by Gasteiger charge is -2.42. The van der Waals surface area contributed by atoms with Crippen LogP contribution < -0.4 is 16.4 Å². The van der Waals surface area contributed by atoms with Crippen LogP contribution in [0.5, 0.6) is 0 Å². The van der Waals surface area contributed by atoms with Gasteiger partial charge in [0.25, 0.3) is 5.91 Å². The van der Waals surface area contributed by atoms with Crippen LogP contribution >= 0.6 is 0 Å². The second-order valence-electron chi connectivity index (χ2n) is 5.87. The van der Waals surface area contributed by atoms with Crippen LogP contribution in [-0.2, 0) is 4.79 Å². The van der Waals surface area contributed by atoms with Crippen LogP contribution in [0.3, 0.4) is 0 Å². The average molecular weight is 290 g/mol. The van der Waals surface area contributed by atoms with E-state index in [1.165, 1.54) is 0 Å². The zero-order chi connectivity index (χ0) is 15.5. The van der Waals surface area contributed by atoms with Crippen molar-refractivity contribution in [1.29, 1.82) is 0 Å². The summed E-state index contributed by atoms with van der Waals surface area (Å²) >= 11 is 0. The fourth-order valence-corrected chi connectivity index (χ4v) is 2.49. The number of piperazine rings is 1. The van der Waals surface area contributed by atoms with Gasteiger partial charge in [0.1, 0.15) is 0 Å². The molecule has 0 aromatic heterocycles. The maximum absolute atomic E-state index is 12.2. The first kappa shape index (κ1) is 15.5. The number of hydrogen-bond acceptors (Lipinski definition) is 4. The number of nitrogens with zero attached hydrogens (tertiary/aromatic N) is 1. The minimum Gasteiger partial charge on any atom is -0.366 e. The maximum atomic E-state index is 12.2. The van der Waals surface area contributed by atoms with E-state index >= 15 is 0 Å². The molecule has 114 valence electrons. The number of primary amides is 1. The van der Waals surface area contributed by atoms with Crippen LogP contribution in [0.4, 0.5) is 5.69 Å². The van der Waals surface area contributed by atoms with E-state index in [9.17, 15) is 9.59 Å². The lowest BCUT2D eigenvalue weighted by molar-refractivity contribution is -0.119. The highest BCUT2D eigenvalue weighted by atomic mass is 16.2. The second kappa shape index (κ2) is 6.24. The fourth-order valence-electron chi connectivity index (χ4n) is 2.49. The SMILES string of the molecule is CC1(C)CNCCN1CC(=O)Nc1ccccc1C(N)=O. The number of amides is 2. The third-order valence-electron chi connectivity index (χ3n) is 3.77. The first-order chi connectivity index (χ1) is 9.90. The molecule has 1 aromatic carbocycles. The minimum atomic E-state index is -0.548. The van der Waals surface area contributed by atoms with E-state index in [1.807, 2.05) is 0 Å². The lowest BCUT2D eigenvalue weighted by Crippen LogP contribution is -2.59. The van der Waals surface area contributed by atoms with Gasteiger partial charge in [-0.2, -0.15) is 0 Å². The van der Waals surface area contributed by atoms with Gasteiger partial charge in [0.05, 0.1) is 17.8 Å². The van der Waals surface area contributed by atoms with Crippen molar-refractivity contribution < 1.29 is 9.59 Å². The normalized spacial score (nSPS) is 18.2. The molecule has 0 saturated carbocycles. The predicted molar refractivity (Wildman–Crippen MR) is 82.1 cm³/mol. The summed E-state index contributed by atoms with van der Waals surface area (Å²) in [6.07, 6.45) is 0. The Kier molecular flexibility index (Phi) is 4.59. The van der Waals surface area contributed by atoms with Crippen molar-refractivity contribution in [2.45, 2.75) is 19.4 Å². The molecular formula is C15H22N4O2. The molecule has 4 N–H and O–H groups in total. The van der Waals surface area contributed by atoms with Gasteiger partial charge in [-0.15, -0.1) is 0 Å². The van der Waals surface area contributed by atoms with E-state index in [0.29, 0.717) is 17.8 Å². The molecule has 0 atom stereocenters. The van der Waals surface area contributed by atoms with E-state index in [1.54, 1.807) is 24.3 Å². The van der Waals surface area contributed by atoms with Gasteiger partial charge < -0.3 is 16.4 Å². The summed E-state index contributed by atoms with van der Waals surface area (Å²) in [7, 11) is 0. The fraction of sp³-hybridized carbons (Fsp3) is 0.467. The van der Waals surface area contributed by atoms with Gasteiger partial charge in [-0.3, -0.25) is 14.5 Å². The van der Waals surface area contributed by atoms with Crippen LogP contribution in [-0.4, -0.2) is 48.4 Å². The molecule has 0 bridgehead atoms. The Morgan fingerprint density at radius 2 is 2.10 bits per heavy atom. The molecule has 0 spiro atoms. The molecule has 0 unspecified atom stereocenters. The van der Waals surface area contributed by atoms with Crippen molar-refractivity contribution >= 4 is 17.5 Å². The number of carbonyl (C=O) groups is 2. The monoisotopic (exact) mass is 290 g/mol. The zero-order valence-electron chi connectivity index (χ0n) is 12.5. The van der Waals surface area contributed by atoms with Gasteiger partial charge in [0.15, 0.2) is 0 Å². The third-order valence-corrected chi connectivity index (χ3v) is 3.77. The molecule has 2 amide bonds. The van der Waals surface area contributed by atoms with Gasteiger partial charge in [0, 0.05) is 25.2 Å². The van der Waals surface area contributed by atoms with Crippen LogP contribution in [0.2, 0.25) is 0 Å². The molecule has 1 aromatic rings. The summed E-state index contributed by atoms with van der Waals surface area (Å²) in [5.41, 5.74) is 6.02. The van der Waals surface area contributed by atoms with Crippen LogP contribution in [0, 0.1) is 0 Å². The van der Waals surface area contributed by atoms with E-state index < -0.39 is 5.91 Å². The highest BCUT2D eigenvalue weighted by Gasteiger charge is 2.30. The largest absolute Gasteiger partial charge is 0.366 e. The summed E-state index contributed by atoms with van der Waals surface area (Å²) in [4.78, 5) is 25.7. The van der Waals surface area contributed by atoms with Crippen molar-refractivity contribution in [3.8, 4) is 0 Å². The molecule has 1 aliphatic heterocycles. The number of nitrogens with one attached hydrogen (secondary N) is 2. The Labute approximate surface area is 124 Å². The molecule has 2 rings (SSSR count). The summed E-state index contributed by atoms with van der Waals surface area (Å²) in [5, 5.41) is 6.09. The second-order valence-corrected chi connectivity index (χ2v) is 5.87. The first-order valence-corrected chi connectivity index (χ1v) is 7.04. The minimum absolute atomic E-state index is 0.0706. The molecule has 6 heteroatoms. The summed E-state index contributed by atoms with van der Waals surface area (Å²) < 4.78 is 0. The highest BCUT2D eigenvalue weighted by Crippen LogP contribution is 2.17. The standard InChI is InChI=1S/C15H22N4O2/c1-15(2)10-17-7-8-19(15)9-13(20)18-12-6-4-3-5-11(12)14(16)21/h3-6,17H,7-10H2,1-2H3,(H2,16,21)(H,18,20). The Hall–Kier alpha value is -1.92. The van der Waals surface area contributed by atoms with Crippen molar-refractivity contribution in [1.82, 2.24) is 10.2 Å². The smallest absolute Gasteiger partial charge is 0.250 e.